The van der Waals surface area contributed by atoms with Crippen LogP contribution in [0.5, 0.6) is 34.5 Å². The number of fused-ring (bicyclic) bond motifs is 3. The van der Waals surface area contributed by atoms with Gasteiger partial charge in [0.25, 0.3) is 0 Å². The van der Waals surface area contributed by atoms with E-state index in [0.717, 1.165) is 134 Å². The second kappa shape index (κ2) is 34.9. The van der Waals surface area contributed by atoms with Crippen LogP contribution >= 0.6 is 0 Å². The molecule has 0 atom stereocenters. The Morgan fingerprint density at radius 2 is 0.487 bits per heavy atom. The highest BCUT2D eigenvalue weighted by atomic mass is 16.5. The summed E-state index contributed by atoms with van der Waals surface area (Å²) in [5.74, 6) is 4.61. The predicted molar refractivity (Wildman–Crippen MR) is 328 cm³/mol. The third kappa shape index (κ3) is 20.1. The Morgan fingerprint density at radius 3 is 0.776 bits per heavy atom. The van der Waals surface area contributed by atoms with Gasteiger partial charge in [0.1, 0.15) is 0 Å². The van der Waals surface area contributed by atoms with Gasteiger partial charge in [-0.05, 0) is 154 Å². The van der Waals surface area contributed by atoms with Crippen LogP contribution < -0.4 is 28.4 Å². The zero-order valence-corrected chi connectivity index (χ0v) is 48.1. The van der Waals surface area contributed by atoms with Crippen molar-refractivity contribution < 1.29 is 28.4 Å². The van der Waals surface area contributed by atoms with Crippen LogP contribution in [0.3, 0.4) is 0 Å². The second-order valence-corrected chi connectivity index (χ2v) is 21.1. The topological polar surface area (TPSA) is 55.4 Å². The predicted octanol–water partition coefficient (Wildman–Crippen LogP) is 21.2. The van der Waals surface area contributed by atoms with Crippen molar-refractivity contribution in [3.8, 4) is 34.5 Å². The summed E-state index contributed by atoms with van der Waals surface area (Å²) in [5.41, 5.74) is 4.37. The Labute approximate surface area is 459 Å². The first kappa shape index (κ1) is 59.6. The van der Waals surface area contributed by atoms with E-state index in [1.807, 2.05) is 0 Å². The first-order valence-electron chi connectivity index (χ1n) is 30.4. The van der Waals surface area contributed by atoms with Gasteiger partial charge in [0.15, 0.2) is 23.0 Å². The molecule has 76 heavy (non-hydrogen) atoms. The van der Waals surface area contributed by atoms with E-state index in [1.54, 1.807) is 0 Å². The number of hydrogen-bond acceptors (Lipinski definition) is 6. The molecule has 6 aromatic rings. The third-order valence-corrected chi connectivity index (χ3v) is 14.3. The molecule has 0 saturated heterocycles. The van der Waals surface area contributed by atoms with E-state index < -0.39 is 0 Å². The molecular weight excluding hydrogens is 937 g/mol. The van der Waals surface area contributed by atoms with Gasteiger partial charge < -0.3 is 28.4 Å². The smallest absolute Gasteiger partial charge is 0.203 e. The number of unbranched alkanes of at least 4 members (excludes halogenated alkanes) is 18. The van der Waals surface area contributed by atoms with Crippen LogP contribution in [0.4, 0.5) is 0 Å². The summed E-state index contributed by atoms with van der Waals surface area (Å²) in [6, 6.07) is 31.4. The van der Waals surface area contributed by atoms with Crippen LogP contribution in [-0.4, -0.2) is 39.6 Å². The maximum atomic E-state index is 6.52. The molecule has 0 saturated carbocycles. The van der Waals surface area contributed by atoms with E-state index >= 15 is 0 Å². The lowest BCUT2D eigenvalue weighted by Crippen LogP contribution is -2.06. The molecule has 6 nitrogen and oxygen atoms in total. The van der Waals surface area contributed by atoms with Crippen LogP contribution in [0.25, 0.3) is 56.6 Å². The van der Waals surface area contributed by atoms with Gasteiger partial charge in [0.05, 0.1) is 39.6 Å². The third-order valence-electron chi connectivity index (χ3n) is 14.3. The van der Waals surface area contributed by atoms with Gasteiger partial charge in [-0.1, -0.05) is 206 Å². The highest BCUT2D eigenvalue weighted by Crippen LogP contribution is 2.42. The van der Waals surface area contributed by atoms with Crippen LogP contribution in [-0.2, 0) is 0 Å². The minimum Gasteiger partial charge on any atom is -0.490 e. The largest absolute Gasteiger partial charge is 0.490 e. The summed E-state index contributed by atoms with van der Waals surface area (Å²) in [7, 11) is 0. The Bertz CT molecular complexity index is 2410. The Hall–Kier alpha value is -5.62. The highest BCUT2D eigenvalue weighted by molar-refractivity contribution is 6.05. The summed E-state index contributed by atoms with van der Waals surface area (Å²) in [6.07, 6.45) is 36.4. The van der Waals surface area contributed by atoms with Crippen LogP contribution in [0.2, 0.25) is 0 Å². The van der Waals surface area contributed by atoms with Gasteiger partial charge in [-0.2, -0.15) is 0 Å². The molecule has 0 amide bonds. The van der Waals surface area contributed by atoms with E-state index in [9.17, 15) is 0 Å². The molecule has 0 unspecified atom stereocenters. The van der Waals surface area contributed by atoms with Gasteiger partial charge in [-0.15, -0.1) is 0 Å². The van der Waals surface area contributed by atoms with Crippen LogP contribution in [0.15, 0.2) is 84.9 Å². The zero-order valence-electron chi connectivity index (χ0n) is 48.1. The molecule has 0 fully saturated rings. The molecule has 6 aromatic carbocycles. The fourth-order valence-electron chi connectivity index (χ4n) is 9.73. The minimum atomic E-state index is 0.659. The van der Waals surface area contributed by atoms with Gasteiger partial charge in [-0.3, -0.25) is 0 Å². The van der Waals surface area contributed by atoms with E-state index in [2.05, 4.69) is 151 Å². The van der Waals surface area contributed by atoms with Crippen LogP contribution in [0, 0.1) is 0 Å². The average molecular weight is 1030 g/mol. The minimum absolute atomic E-state index is 0.659. The monoisotopic (exact) mass is 1030 g/mol. The lowest BCUT2D eigenvalue weighted by atomic mass is 9.97. The van der Waals surface area contributed by atoms with Gasteiger partial charge in [0, 0.05) is 0 Å². The van der Waals surface area contributed by atoms with Crippen molar-refractivity contribution in [3.05, 3.63) is 107 Å². The molecule has 0 aliphatic heterocycles. The first-order valence-corrected chi connectivity index (χ1v) is 30.4. The van der Waals surface area contributed by atoms with Crippen molar-refractivity contribution in [1.29, 1.82) is 0 Å². The molecule has 0 spiro atoms. The van der Waals surface area contributed by atoms with Crippen molar-refractivity contribution in [3.63, 3.8) is 0 Å². The highest BCUT2D eigenvalue weighted by Gasteiger charge is 2.18. The molecule has 412 valence electrons. The maximum absolute atomic E-state index is 6.52. The Kier molecular flexibility index (Phi) is 27.4. The van der Waals surface area contributed by atoms with E-state index in [-0.39, 0.29) is 0 Å². The molecule has 0 aromatic heterocycles. The normalized spacial score (nSPS) is 11.7. The van der Waals surface area contributed by atoms with Crippen molar-refractivity contribution in [2.75, 3.05) is 39.6 Å². The van der Waals surface area contributed by atoms with E-state index in [0.29, 0.717) is 39.6 Å². The number of ether oxygens (including phenoxy) is 6. The summed E-state index contributed by atoms with van der Waals surface area (Å²) >= 11 is 0. The number of benzene rings is 6. The standard InChI is InChI=1S/C70H96O6/c1-7-13-19-25-39-71-65-47-57(48-66(72-40-26-20-14-8-2)69(65)75-43-29-23-17-11-5)33-31-55-35-37-59-51-64-54-62-46-56(36-38-60(62)52-63(64)53-61(59)45-55)32-34-58-49-67(73-41-27-21-15-9-3)70(76-44-30-24-18-12-6)68(50-58)74-42-28-22-16-10-4/h31-38,45-54H,7-30,39-44H2,1-6H3/b33-31+,34-32+. The Morgan fingerprint density at radius 1 is 0.237 bits per heavy atom. The fourth-order valence-corrected chi connectivity index (χ4v) is 9.73. The number of rotatable bonds is 40. The van der Waals surface area contributed by atoms with Crippen molar-refractivity contribution >= 4 is 56.6 Å². The lowest BCUT2D eigenvalue weighted by Gasteiger charge is -2.18. The molecular formula is C70H96O6. The SMILES string of the molecule is CCCCCCOc1cc(/C=C/c2ccc3cc4cc5cc(/C=C/c6cc(OCCCCCC)c(OCCCCCC)c(OCCCCCC)c6)ccc5cc4cc3c2)cc(OCCCCCC)c1OCCCCCC. The Balaban J connectivity index is 1.24. The van der Waals surface area contributed by atoms with Crippen molar-refractivity contribution in [1.82, 2.24) is 0 Å². The van der Waals surface area contributed by atoms with Gasteiger partial charge >= 0.3 is 0 Å². The van der Waals surface area contributed by atoms with E-state index in [1.165, 1.54) is 109 Å². The molecule has 6 heteroatoms. The maximum Gasteiger partial charge on any atom is 0.203 e. The fraction of sp³-hybridized carbons (Fsp3) is 0.514. The lowest BCUT2D eigenvalue weighted by molar-refractivity contribution is 0.234. The zero-order chi connectivity index (χ0) is 53.4. The summed E-state index contributed by atoms with van der Waals surface area (Å²) in [5, 5.41) is 7.33. The van der Waals surface area contributed by atoms with Gasteiger partial charge in [-0.25, -0.2) is 0 Å². The molecule has 0 bridgehead atoms. The van der Waals surface area contributed by atoms with Gasteiger partial charge in [0.2, 0.25) is 11.5 Å². The number of hydrogen-bond donors (Lipinski definition) is 0. The summed E-state index contributed by atoms with van der Waals surface area (Å²) < 4.78 is 39.1. The summed E-state index contributed by atoms with van der Waals surface area (Å²) in [6.45, 7) is 17.5. The molecule has 0 aliphatic rings. The van der Waals surface area contributed by atoms with Crippen molar-refractivity contribution in [2.24, 2.45) is 0 Å². The van der Waals surface area contributed by atoms with Crippen LogP contribution in [0.1, 0.15) is 218 Å². The average Bonchev–Trinajstić information content (AvgIpc) is 3.43. The van der Waals surface area contributed by atoms with E-state index in [4.69, 9.17) is 28.4 Å². The molecule has 6 rings (SSSR count). The molecule has 0 radical (unpaired) electrons. The van der Waals surface area contributed by atoms with Crippen molar-refractivity contribution in [2.45, 2.75) is 196 Å². The quantitative estimate of drug-likeness (QED) is 0.0217. The molecule has 0 heterocycles. The second-order valence-electron chi connectivity index (χ2n) is 21.1. The molecule has 0 aliphatic carbocycles. The summed E-state index contributed by atoms with van der Waals surface area (Å²) in [4.78, 5) is 0. The first-order chi connectivity index (χ1) is 37.5. The molecule has 0 N–H and O–H groups in total.